The van der Waals surface area contributed by atoms with Gasteiger partial charge in [-0.05, 0) is 13.0 Å². The fourth-order valence-corrected chi connectivity index (χ4v) is 1.57. The van der Waals surface area contributed by atoms with Crippen LogP contribution in [0.2, 0.25) is 0 Å². The maximum Gasteiger partial charge on any atom is 0.273 e. The van der Waals surface area contributed by atoms with E-state index in [1.165, 1.54) is 19.1 Å². The summed E-state index contributed by atoms with van der Waals surface area (Å²) < 4.78 is 0. The lowest BCUT2D eigenvalue weighted by Gasteiger charge is -2.09. The highest BCUT2D eigenvalue weighted by Gasteiger charge is 2.09. The number of nitro groups is 1. The molecule has 0 bridgehead atoms. The summed E-state index contributed by atoms with van der Waals surface area (Å²) in [6.45, 7) is 5.02. The van der Waals surface area contributed by atoms with Gasteiger partial charge >= 0.3 is 0 Å². The molecule has 19 heavy (non-hydrogen) atoms. The minimum Gasteiger partial charge on any atom is -0.385 e. The van der Waals surface area contributed by atoms with Crippen molar-refractivity contribution in [3.63, 3.8) is 0 Å². The van der Waals surface area contributed by atoms with Gasteiger partial charge in [-0.1, -0.05) is 0 Å². The molecule has 0 radical (unpaired) electrons. The molecular formula is C12H18N4O3. The second-order valence-electron chi connectivity index (χ2n) is 3.97. The second-order valence-corrected chi connectivity index (χ2v) is 3.97. The van der Waals surface area contributed by atoms with Crippen LogP contribution in [0.25, 0.3) is 0 Å². The number of nitrogens with zero attached hydrogens (tertiary/aromatic N) is 1. The monoisotopic (exact) mass is 266 g/mol. The lowest BCUT2D eigenvalue weighted by Crippen LogP contribution is -2.26. The van der Waals surface area contributed by atoms with E-state index in [0.717, 1.165) is 0 Å². The molecule has 1 aromatic rings. The van der Waals surface area contributed by atoms with Gasteiger partial charge in [0.15, 0.2) is 0 Å². The van der Waals surface area contributed by atoms with Crippen molar-refractivity contribution >= 4 is 23.0 Å². The molecule has 0 saturated heterocycles. The van der Waals surface area contributed by atoms with Crippen LogP contribution in [0.5, 0.6) is 0 Å². The van der Waals surface area contributed by atoms with Crippen LogP contribution in [0.4, 0.5) is 17.1 Å². The van der Waals surface area contributed by atoms with E-state index in [9.17, 15) is 14.9 Å². The van der Waals surface area contributed by atoms with Crippen LogP contribution in [-0.2, 0) is 4.79 Å². The van der Waals surface area contributed by atoms with E-state index in [4.69, 9.17) is 0 Å². The Kier molecular flexibility index (Phi) is 5.59. The topological polar surface area (TPSA) is 96.3 Å². The number of hydrogen-bond donors (Lipinski definition) is 3. The van der Waals surface area contributed by atoms with Crippen molar-refractivity contribution in [2.45, 2.75) is 13.8 Å². The number of hydrogen-bond acceptors (Lipinski definition) is 5. The molecule has 0 saturated carbocycles. The van der Waals surface area contributed by atoms with E-state index in [-0.39, 0.29) is 11.6 Å². The Morgan fingerprint density at radius 1 is 1.21 bits per heavy atom. The first-order chi connectivity index (χ1) is 9.02. The van der Waals surface area contributed by atoms with Gasteiger partial charge in [0.2, 0.25) is 5.91 Å². The summed E-state index contributed by atoms with van der Waals surface area (Å²) in [6, 6.07) is 4.75. The number of amides is 1. The average molecular weight is 266 g/mol. The Balaban J connectivity index is 2.70. The molecule has 104 valence electrons. The van der Waals surface area contributed by atoms with Gasteiger partial charge in [0, 0.05) is 50.1 Å². The molecule has 0 fully saturated rings. The Morgan fingerprint density at radius 3 is 2.37 bits per heavy atom. The van der Waals surface area contributed by atoms with Crippen LogP contribution in [-0.4, -0.2) is 30.5 Å². The van der Waals surface area contributed by atoms with Gasteiger partial charge in [0.25, 0.3) is 5.69 Å². The van der Waals surface area contributed by atoms with Crippen molar-refractivity contribution in [1.82, 2.24) is 5.32 Å². The summed E-state index contributed by atoms with van der Waals surface area (Å²) in [6.07, 6.45) is 0. The number of anilines is 2. The molecule has 0 heterocycles. The van der Waals surface area contributed by atoms with Crippen molar-refractivity contribution in [3.05, 3.63) is 28.3 Å². The van der Waals surface area contributed by atoms with Crippen molar-refractivity contribution in [3.8, 4) is 0 Å². The molecular weight excluding hydrogens is 248 g/mol. The number of nitro benzene ring substituents is 1. The lowest BCUT2D eigenvalue weighted by atomic mass is 10.2. The van der Waals surface area contributed by atoms with Gasteiger partial charge in [-0.15, -0.1) is 0 Å². The van der Waals surface area contributed by atoms with E-state index in [2.05, 4.69) is 16.0 Å². The number of carbonyl (C=O) groups is 1. The van der Waals surface area contributed by atoms with Gasteiger partial charge < -0.3 is 16.0 Å². The van der Waals surface area contributed by atoms with E-state index in [1.807, 2.05) is 6.92 Å². The minimum absolute atomic E-state index is 0.0282. The van der Waals surface area contributed by atoms with E-state index >= 15 is 0 Å². The van der Waals surface area contributed by atoms with E-state index in [0.29, 0.717) is 31.0 Å². The molecule has 1 amide bonds. The third-order valence-electron chi connectivity index (χ3n) is 2.34. The number of carbonyl (C=O) groups excluding carboxylic acids is 1. The highest BCUT2D eigenvalue weighted by Crippen LogP contribution is 2.24. The first-order valence-corrected chi connectivity index (χ1v) is 6.04. The fourth-order valence-electron chi connectivity index (χ4n) is 1.57. The van der Waals surface area contributed by atoms with Crippen LogP contribution in [0.1, 0.15) is 13.8 Å². The van der Waals surface area contributed by atoms with Gasteiger partial charge in [-0.3, -0.25) is 14.9 Å². The molecule has 0 atom stereocenters. The molecule has 1 aromatic carbocycles. The molecule has 1 rings (SSSR count). The summed E-state index contributed by atoms with van der Waals surface area (Å²) >= 11 is 0. The van der Waals surface area contributed by atoms with Gasteiger partial charge in [0.05, 0.1) is 4.92 Å². The normalized spacial score (nSPS) is 9.79. The average Bonchev–Trinajstić information content (AvgIpc) is 2.34. The zero-order chi connectivity index (χ0) is 14.3. The van der Waals surface area contributed by atoms with Crippen LogP contribution in [0.15, 0.2) is 18.2 Å². The zero-order valence-electron chi connectivity index (χ0n) is 11.0. The first kappa shape index (κ1) is 14.7. The maximum absolute atomic E-state index is 10.8. The quantitative estimate of drug-likeness (QED) is 0.395. The molecule has 7 heteroatoms. The summed E-state index contributed by atoms with van der Waals surface area (Å²) in [7, 11) is 0. The second kappa shape index (κ2) is 7.20. The summed E-state index contributed by atoms with van der Waals surface area (Å²) in [5, 5.41) is 19.5. The Bertz CT molecular complexity index is 462. The van der Waals surface area contributed by atoms with Crippen molar-refractivity contribution in [2.24, 2.45) is 0 Å². The SMILES string of the molecule is CCNc1cc(NCCNC(C)=O)cc([N+](=O)[O-])c1. The smallest absolute Gasteiger partial charge is 0.273 e. The van der Waals surface area contributed by atoms with Crippen LogP contribution in [0, 0.1) is 10.1 Å². The molecule has 0 aliphatic rings. The number of non-ortho nitro benzene ring substituents is 1. The molecule has 0 aliphatic carbocycles. The highest BCUT2D eigenvalue weighted by molar-refractivity contribution is 5.72. The van der Waals surface area contributed by atoms with Crippen LogP contribution >= 0.6 is 0 Å². The van der Waals surface area contributed by atoms with Gasteiger partial charge in [-0.25, -0.2) is 0 Å². The molecule has 3 N–H and O–H groups in total. The van der Waals surface area contributed by atoms with Crippen LogP contribution in [0.3, 0.4) is 0 Å². The largest absolute Gasteiger partial charge is 0.385 e. The van der Waals surface area contributed by atoms with Crippen molar-refractivity contribution < 1.29 is 9.72 Å². The van der Waals surface area contributed by atoms with Gasteiger partial charge in [0.1, 0.15) is 0 Å². The predicted octanol–water partition coefficient (Wildman–Crippen LogP) is 1.57. The van der Waals surface area contributed by atoms with Crippen LogP contribution < -0.4 is 16.0 Å². The molecule has 0 aliphatic heterocycles. The third-order valence-corrected chi connectivity index (χ3v) is 2.34. The third kappa shape index (κ3) is 5.24. The predicted molar refractivity (Wildman–Crippen MR) is 74.4 cm³/mol. The molecule has 0 aromatic heterocycles. The van der Waals surface area contributed by atoms with Crippen molar-refractivity contribution in [1.29, 1.82) is 0 Å². The summed E-state index contributed by atoms with van der Waals surface area (Å²) in [5.74, 6) is -0.103. The van der Waals surface area contributed by atoms with Crippen molar-refractivity contribution in [2.75, 3.05) is 30.3 Å². The van der Waals surface area contributed by atoms with E-state index in [1.54, 1.807) is 6.07 Å². The standard InChI is InChI=1S/C12H18N4O3/c1-3-13-10-6-11(8-12(7-10)16(18)19)15-5-4-14-9(2)17/h6-8,13,15H,3-5H2,1-2H3,(H,14,17). The Hall–Kier alpha value is -2.31. The zero-order valence-corrected chi connectivity index (χ0v) is 11.0. The highest BCUT2D eigenvalue weighted by atomic mass is 16.6. The first-order valence-electron chi connectivity index (χ1n) is 6.04. The lowest BCUT2D eigenvalue weighted by molar-refractivity contribution is -0.384. The molecule has 7 nitrogen and oxygen atoms in total. The molecule has 0 unspecified atom stereocenters. The Labute approximate surface area is 111 Å². The number of rotatable bonds is 7. The van der Waals surface area contributed by atoms with E-state index < -0.39 is 4.92 Å². The molecule has 0 spiro atoms. The number of nitrogens with one attached hydrogen (secondary N) is 3. The summed E-state index contributed by atoms with van der Waals surface area (Å²) in [4.78, 5) is 21.1. The minimum atomic E-state index is -0.431. The maximum atomic E-state index is 10.8. The Morgan fingerprint density at radius 2 is 1.84 bits per heavy atom. The van der Waals surface area contributed by atoms with Gasteiger partial charge in [-0.2, -0.15) is 0 Å². The fraction of sp³-hybridized carbons (Fsp3) is 0.417. The number of benzene rings is 1. The summed E-state index contributed by atoms with van der Waals surface area (Å²) in [5.41, 5.74) is 1.37.